The molecule has 1 heterocycles. The molecule has 8 heteroatoms. The van der Waals surface area contributed by atoms with E-state index in [9.17, 15) is 18.4 Å². The number of hydrogen-bond donors (Lipinski definition) is 3. The minimum absolute atomic E-state index is 0.0790. The molecule has 2 amide bonds. The number of benzene rings is 1. The molecule has 2 atom stereocenters. The lowest BCUT2D eigenvalue weighted by atomic mass is 10.0. The maximum absolute atomic E-state index is 12.5. The molecule has 0 bridgehead atoms. The standard InChI is InChI=1S/C16H19F2N3O3/c1-9-19-12(8-13(22)20-9)14(23)21-16(6-7-16)10-2-4-11(5-3-10)24-15(17)18/h2-5,9,12,15,19H,6-8H2,1H3,(H,20,22)(H,21,23). The van der Waals surface area contributed by atoms with Crippen molar-refractivity contribution in [1.82, 2.24) is 16.0 Å². The maximum atomic E-state index is 12.5. The van der Waals surface area contributed by atoms with Crippen molar-refractivity contribution >= 4 is 11.8 Å². The lowest BCUT2D eigenvalue weighted by Gasteiger charge is -2.30. The Bertz CT molecular complexity index is 632. The highest BCUT2D eigenvalue weighted by atomic mass is 19.3. The highest BCUT2D eigenvalue weighted by molar-refractivity contribution is 5.90. The first kappa shape index (κ1) is 16.6. The van der Waals surface area contributed by atoms with E-state index in [4.69, 9.17) is 0 Å². The van der Waals surface area contributed by atoms with Gasteiger partial charge in [0.2, 0.25) is 11.8 Å². The van der Waals surface area contributed by atoms with Gasteiger partial charge in [-0.2, -0.15) is 8.78 Å². The number of rotatable bonds is 5. The molecule has 1 aromatic rings. The van der Waals surface area contributed by atoms with Gasteiger partial charge in [-0.3, -0.25) is 14.9 Å². The van der Waals surface area contributed by atoms with Crippen LogP contribution in [0.5, 0.6) is 5.75 Å². The van der Waals surface area contributed by atoms with Crippen molar-refractivity contribution in [2.75, 3.05) is 0 Å². The van der Waals surface area contributed by atoms with E-state index in [2.05, 4.69) is 20.7 Å². The van der Waals surface area contributed by atoms with Crippen LogP contribution in [0.25, 0.3) is 0 Å². The van der Waals surface area contributed by atoms with E-state index in [1.54, 1.807) is 19.1 Å². The summed E-state index contributed by atoms with van der Waals surface area (Å²) in [5.74, 6) is -0.322. The van der Waals surface area contributed by atoms with E-state index in [0.29, 0.717) is 0 Å². The molecule has 1 aliphatic carbocycles. The first-order chi connectivity index (χ1) is 11.4. The third kappa shape index (κ3) is 3.64. The normalized spacial score (nSPS) is 25.1. The lowest BCUT2D eigenvalue weighted by molar-refractivity contribution is -0.132. The summed E-state index contributed by atoms with van der Waals surface area (Å²) >= 11 is 0. The van der Waals surface area contributed by atoms with Crippen LogP contribution in [0, 0.1) is 0 Å². The van der Waals surface area contributed by atoms with Crippen molar-refractivity contribution < 1.29 is 23.1 Å². The smallest absolute Gasteiger partial charge is 0.387 e. The summed E-state index contributed by atoms with van der Waals surface area (Å²) in [5, 5.41) is 8.71. The summed E-state index contributed by atoms with van der Waals surface area (Å²) in [4.78, 5) is 24.0. The zero-order chi connectivity index (χ0) is 17.3. The van der Waals surface area contributed by atoms with Crippen molar-refractivity contribution in [3.05, 3.63) is 29.8 Å². The molecule has 2 unspecified atom stereocenters. The van der Waals surface area contributed by atoms with E-state index >= 15 is 0 Å². The van der Waals surface area contributed by atoms with Crippen LogP contribution in [-0.2, 0) is 15.1 Å². The molecule has 2 aliphatic rings. The van der Waals surface area contributed by atoms with Gasteiger partial charge >= 0.3 is 6.61 Å². The van der Waals surface area contributed by atoms with Gasteiger partial charge in [-0.05, 0) is 37.5 Å². The van der Waals surface area contributed by atoms with Crippen molar-refractivity contribution in [2.24, 2.45) is 0 Å². The zero-order valence-corrected chi connectivity index (χ0v) is 13.1. The van der Waals surface area contributed by atoms with E-state index in [1.807, 2.05) is 0 Å². The molecule has 0 radical (unpaired) electrons. The summed E-state index contributed by atoms with van der Waals surface area (Å²) in [7, 11) is 0. The Kier molecular flexibility index (Phi) is 4.40. The van der Waals surface area contributed by atoms with Crippen LogP contribution in [0.15, 0.2) is 24.3 Å². The van der Waals surface area contributed by atoms with Crippen molar-refractivity contribution in [1.29, 1.82) is 0 Å². The Labute approximate surface area is 137 Å². The second-order valence-electron chi connectivity index (χ2n) is 6.19. The first-order valence-corrected chi connectivity index (χ1v) is 7.81. The molecule has 3 rings (SSSR count). The van der Waals surface area contributed by atoms with Crippen LogP contribution in [0.4, 0.5) is 8.78 Å². The minimum Gasteiger partial charge on any atom is -0.435 e. The largest absolute Gasteiger partial charge is 0.435 e. The molecular weight excluding hydrogens is 320 g/mol. The number of carbonyl (C=O) groups is 2. The Morgan fingerprint density at radius 3 is 2.54 bits per heavy atom. The van der Waals surface area contributed by atoms with Gasteiger partial charge in [0.05, 0.1) is 24.2 Å². The van der Waals surface area contributed by atoms with Gasteiger partial charge in [-0.25, -0.2) is 0 Å². The number of ether oxygens (including phenoxy) is 1. The van der Waals surface area contributed by atoms with Crippen molar-refractivity contribution in [2.45, 2.75) is 50.5 Å². The highest BCUT2D eigenvalue weighted by Gasteiger charge is 2.47. The molecule has 1 saturated carbocycles. The van der Waals surface area contributed by atoms with Crippen LogP contribution in [0.3, 0.4) is 0 Å². The second-order valence-corrected chi connectivity index (χ2v) is 6.19. The van der Waals surface area contributed by atoms with Crippen molar-refractivity contribution in [3.63, 3.8) is 0 Å². The molecular formula is C16H19F2N3O3. The Morgan fingerprint density at radius 2 is 2.00 bits per heavy atom. The van der Waals surface area contributed by atoms with E-state index < -0.39 is 18.2 Å². The molecule has 3 N–H and O–H groups in total. The van der Waals surface area contributed by atoms with E-state index in [1.165, 1.54) is 12.1 Å². The molecule has 6 nitrogen and oxygen atoms in total. The molecule has 1 saturated heterocycles. The summed E-state index contributed by atoms with van der Waals surface area (Å²) in [6, 6.07) is 5.70. The number of nitrogens with one attached hydrogen (secondary N) is 3. The van der Waals surface area contributed by atoms with Crippen LogP contribution < -0.4 is 20.7 Å². The summed E-state index contributed by atoms with van der Waals surface area (Å²) in [6.07, 6.45) is 1.36. The predicted octanol–water partition coefficient (Wildman–Crippen LogP) is 1.22. The summed E-state index contributed by atoms with van der Waals surface area (Å²) in [5.41, 5.74) is 0.352. The molecule has 1 aliphatic heterocycles. The van der Waals surface area contributed by atoms with Crippen LogP contribution in [0.2, 0.25) is 0 Å². The third-order valence-electron chi connectivity index (χ3n) is 4.28. The summed E-state index contributed by atoms with van der Waals surface area (Å²) in [6.45, 7) is -1.10. The van der Waals surface area contributed by atoms with Gasteiger partial charge in [-0.15, -0.1) is 0 Å². The van der Waals surface area contributed by atoms with Gasteiger partial charge in [0.25, 0.3) is 0 Å². The fraction of sp³-hybridized carbons (Fsp3) is 0.500. The average molecular weight is 339 g/mol. The highest BCUT2D eigenvalue weighted by Crippen LogP contribution is 2.46. The fourth-order valence-corrected chi connectivity index (χ4v) is 2.95. The minimum atomic E-state index is -2.86. The number of amides is 2. The van der Waals surface area contributed by atoms with Gasteiger partial charge in [0.1, 0.15) is 5.75 Å². The number of carbonyl (C=O) groups excluding carboxylic acids is 2. The van der Waals surface area contributed by atoms with E-state index in [-0.39, 0.29) is 30.2 Å². The SMILES string of the molecule is CC1NC(=O)CC(C(=O)NC2(c3ccc(OC(F)F)cc3)CC2)N1. The predicted molar refractivity (Wildman–Crippen MR) is 81.3 cm³/mol. The average Bonchev–Trinajstić information content (AvgIpc) is 3.27. The fourth-order valence-electron chi connectivity index (χ4n) is 2.95. The van der Waals surface area contributed by atoms with Gasteiger partial charge in [0, 0.05) is 0 Å². The molecule has 130 valence electrons. The zero-order valence-electron chi connectivity index (χ0n) is 13.1. The Hall–Kier alpha value is -2.22. The third-order valence-corrected chi connectivity index (χ3v) is 4.28. The second kappa shape index (κ2) is 6.35. The Morgan fingerprint density at radius 1 is 1.33 bits per heavy atom. The van der Waals surface area contributed by atoms with Crippen LogP contribution in [0.1, 0.15) is 31.7 Å². The van der Waals surface area contributed by atoms with Gasteiger partial charge < -0.3 is 15.4 Å². The van der Waals surface area contributed by atoms with Crippen LogP contribution >= 0.6 is 0 Å². The van der Waals surface area contributed by atoms with Gasteiger partial charge in [0.15, 0.2) is 0 Å². The molecule has 2 fully saturated rings. The molecule has 1 aromatic carbocycles. The van der Waals surface area contributed by atoms with E-state index in [0.717, 1.165) is 18.4 Å². The monoisotopic (exact) mass is 339 g/mol. The molecule has 0 spiro atoms. The summed E-state index contributed by atoms with van der Waals surface area (Å²) < 4.78 is 28.7. The topological polar surface area (TPSA) is 79.5 Å². The number of halogens is 2. The first-order valence-electron chi connectivity index (χ1n) is 7.81. The maximum Gasteiger partial charge on any atom is 0.387 e. The quantitative estimate of drug-likeness (QED) is 0.754. The van der Waals surface area contributed by atoms with Crippen LogP contribution in [-0.4, -0.2) is 30.6 Å². The van der Waals surface area contributed by atoms with Crippen molar-refractivity contribution in [3.8, 4) is 5.75 Å². The lowest BCUT2D eigenvalue weighted by Crippen LogP contribution is -2.60. The number of hydrogen-bond acceptors (Lipinski definition) is 4. The number of alkyl halides is 2. The van der Waals surface area contributed by atoms with Gasteiger partial charge in [-0.1, -0.05) is 12.1 Å². The Balaban J connectivity index is 1.66. The molecule has 0 aromatic heterocycles. The molecule has 24 heavy (non-hydrogen) atoms.